The van der Waals surface area contributed by atoms with Crippen molar-refractivity contribution >= 4 is 11.9 Å². The molecule has 0 bridgehead atoms. The van der Waals surface area contributed by atoms with E-state index >= 15 is 0 Å². The molecular weight excluding hydrogens is 473 g/mol. The zero-order valence-corrected chi connectivity index (χ0v) is 20.9. The van der Waals surface area contributed by atoms with Crippen LogP contribution in [0.3, 0.4) is 0 Å². The number of methoxy groups -OCH3 is 1. The molecule has 0 amide bonds. The number of esters is 1. The van der Waals surface area contributed by atoms with E-state index in [4.69, 9.17) is 14.7 Å². The van der Waals surface area contributed by atoms with Gasteiger partial charge in [0, 0.05) is 25.2 Å². The second kappa shape index (κ2) is 13.4. The monoisotopic (exact) mass is 504 g/mol. The maximum Gasteiger partial charge on any atom is 0.416 e. The molecule has 0 atom stereocenters. The van der Waals surface area contributed by atoms with Gasteiger partial charge in [-0.3, -0.25) is 15.1 Å². The molecule has 7 nitrogen and oxygen atoms in total. The Bertz CT molecular complexity index is 1110. The Hall–Kier alpha value is -3.74. The molecule has 194 valence electrons. The zero-order chi connectivity index (χ0) is 26.7. The molecule has 0 aromatic heterocycles. The molecule has 0 aliphatic rings. The number of hydrogen-bond acceptors (Lipinski definition) is 5. The Balaban J connectivity index is 2.64. The highest BCUT2D eigenvalue weighted by molar-refractivity contribution is 5.82. The largest absolute Gasteiger partial charge is 0.496 e. The van der Waals surface area contributed by atoms with Crippen molar-refractivity contribution in [2.24, 2.45) is 4.99 Å². The Morgan fingerprint density at radius 3 is 2.47 bits per heavy atom. The molecule has 36 heavy (non-hydrogen) atoms. The van der Waals surface area contributed by atoms with E-state index < -0.39 is 17.7 Å². The predicted octanol–water partition coefficient (Wildman–Crippen LogP) is 5.15. The highest BCUT2D eigenvalue weighted by Crippen LogP contribution is 2.38. The second-order valence-electron chi connectivity index (χ2n) is 7.84. The standard InChI is InChI=1S/C26H31F3N4O3/c1-5-12-31-25(32-17-30)33(6-2)16-19-15-20(26(27,28)29)9-10-21(19)22-13-18(8-11-23(22)35-4)14-24(34)36-7-3/h8-11,13,15H,5-7,12,14,16H2,1-4H3,(H,31,32). The molecule has 0 saturated heterocycles. The van der Waals surface area contributed by atoms with E-state index in [1.165, 1.54) is 13.2 Å². The lowest BCUT2D eigenvalue weighted by molar-refractivity contribution is -0.142. The van der Waals surface area contributed by atoms with E-state index in [-0.39, 0.29) is 25.5 Å². The van der Waals surface area contributed by atoms with Gasteiger partial charge in [-0.05, 0) is 61.2 Å². The van der Waals surface area contributed by atoms with Crippen LogP contribution in [0.5, 0.6) is 5.75 Å². The van der Waals surface area contributed by atoms with Crippen LogP contribution in [0.4, 0.5) is 13.2 Å². The summed E-state index contributed by atoms with van der Waals surface area (Å²) in [5.74, 6) is 0.327. The minimum Gasteiger partial charge on any atom is -0.496 e. The fourth-order valence-electron chi connectivity index (χ4n) is 3.65. The van der Waals surface area contributed by atoms with Crippen molar-refractivity contribution in [3.8, 4) is 23.1 Å². The average Bonchev–Trinajstić information content (AvgIpc) is 2.84. The maximum atomic E-state index is 13.6. The van der Waals surface area contributed by atoms with Gasteiger partial charge in [-0.15, -0.1) is 0 Å². The third-order valence-electron chi connectivity index (χ3n) is 5.34. The predicted molar refractivity (Wildman–Crippen MR) is 131 cm³/mol. The van der Waals surface area contributed by atoms with Gasteiger partial charge in [-0.25, -0.2) is 0 Å². The van der Waals surface area contributed by atoms with Crippen LogP contribution in [-0.2, 0) is 28.7 Å². The third-order valence-corrected chi connectivity index (χ3v) is 5.34. The van der Waals surface area contributed by atoms with Gasteiger partial charge in [0.1, 0.15) is 5.75 Å². The number of rotatable bonds is 10. The number of hydrogen-bond donors (Lipinski definition) is 1. The summed E-state index contributed by atoms with van der Waals surface area (Å²) < 4.78 is 51.4. The summed E-state index contributed by atoms with van der Waals surface area (Å²) in [6.45, 7) is 6.63. The van der Waals surface area contributed by atoms with Crippen molar-refractivity contribution in [1.82, 2.24) is 10.2 Å². The Kier molecular flexibility index (Phi) is 10.6. The average molecular weight is 505 g/mol. The van der Waals surface area contributed by atoms with Crippen LogP contribution in [0.1, 0.15) is 43.9 Å². The molecule has 0 radical (unpaired) electrons. The number of nitrogens with one attached hydrogen (secondary N) is 1. The summed E-state index contributed by atoms with van der Waals surface area (Å²) in [4.78, 5) is 18.1. The van der Waals surface area contributed by atoms with Crippen LogP contribution in [0.25, 0.3) is 11.1 Å². The van der Waals surface area contributed by atoms with Crippen molar-refractivity contribution in [1.29, 1.82) is 5.26 Å². The van der Waals surface area contributed by atoms with Crippen LogP contribution in [0, 0.1) is 11.5 Å². The number of nitriles is 1. The SMILES string of the molecule is CCCN=C(NC#N)N(CC)Cc1cc(C(F)(F)F)ccc1-c1cc(CC(=O)OCC)ccc1OC. The molecular formula is C26H31F3N4O3. The van der Waals surface area contributed by atoms with Gasteiger partial charge in [0.25, 0.3) is 0 Å². The van der Waals surface area contributed by atoms with E-state index in [1.54, 1.807) is 30.0 Å². The first kappa shape index (κ1) is 28.5. The van der Waals surface area contributed by atoms with Crippen molar-refractivity contribution in [3.05, 3.63) is 53.1 Å². The van der Waals surface area contributed by atoms with E-state index in [1.807, 2.05) is 20.0 Å². The van der Waals surface area contributed by atoms with Crippen molar-refractivity contribution in [2.45, 2.75) is 46.3 Å². The van der Waals surface area contributed by atoms with Crippen LogP contribution in [0.15, 0.2) is 41.4 Å². The number of carbonyl (C=O) groups is 1. The minimum absolute atomic E-state index is 0.0157. The number of halogens is 3. The highest BCUT2D eigenvalue weighted by atomic mass is 19.4. The first-order chi connectivity index (χ1) is 17.2. The fraction of sp³-hybridized carbons (Fsp3) is 0.423. The molecule has 0 saturated carbocycles. The summed E-state index contributed by atoms with van der Waals surface area (Å²) in [5.41, 5.74) is 1.26. The van der Waals surface area contributed by atoms with Crippen molar-refractivity contribution < 1.29 is 27.4 Å². The molecule has 0 aliphatic heterocycles. The highest BCUT2D eigenvalue weighted by Gasteiger charge is 2.31. The van der Waals surface area contributed by atoms with Gasteiger partial charge in [0.05, 0.1) is 25.7 Å². The van der Waals surface area contributed by atoms with E-state index in [0.717, 1.165) is 18.6 Å². The second-order valence-corrected chi connectivity index (χ2v) is 7.84. The van der Waals surface area contributed by atoms with Gasteiger partial charge >= 0.3 is 12.1 Å². The summed E-state index contributed by atoms with van der Waals surface area (Å²) in [6.07, 6.45) is -1.93. The van der Waals surface area contributed by atoms with Gasteiger partial charge < -0.3 is 14.4 Å². The van der Waals surface area contributed by atoms with Gasteiger partial charge in [0.15, 0.2) is 6.19 Å². The first-order valence-corrected chi connectivity index (χ1v) is 11.7. The maximum absolute atomic E-state index is 13.6. The van der Waals surface area contributed by atoms with Crippen LogP contribution in [-0.4, -0.2) is 43.6 Å². The first-order valence-electron chi connectivity index (χ1n) is 11.7. The molecule has 10 heteroatoms. The zero-order valence-electron chi connectivity index (χ0n) is 20.9. The molecule has 1 N–H and O–H groups in total. The number of ether oxygens (including phenoxy) is 2. The lowest BCUT2D eigenvalue weighted by Crippen LogP contribution is -2.39. The Labute approximate surface area is 209 Å². The van der Waals surface area contributed by atoms with Crippen LogP contribution in [0.2, 0.25) is 0 Å². The molecule has 0 heterocycles. The number of guanidine groups is 1. The van der Waals surface area contributed by atoms with Gasteiger partial charge in [-0.2, -0.15) is 18.4 Å². The number of benzene rings is 2. The van der Waals surface area contributed by atoms with Gasteiger partial charge in [-0.1, -0.05) is 19.1 Å². The van der Waals surface area contributed by atoms with E-state index in [2.05, 4.69) is 10.3 Å². The smallest absolute Gasteiger partial charge is 0.416 e. The Morgan fingerprint density at radius 2 is 1.89 bits per heavy atom. The van der Waals surface area contributed by atoms with Crippen LogP contribution < -0.4 is 10.1 Å². The number of carbonyl (C=O) groups excluding carboxylic acids is 1. The molecule has 0 unspecified atom stereocenters. The van der Waals surface area contributed by atoms with Crippen molar-refractivity contribution in [3.63, 3.8) is 0 Å². The molecule has 2 aromatic carbocycles. The number of alkyl halides is 3. The summed E-state index contributed by atoms with van der Waals surface area (Å²) in [7, 11) is 1.47. The molecule has 0 fully saturated rings. The quantitative estimate of drug-likeness (QED) is 0.158. The molecule has 0 spiro atoms. The molecule has 0 aliphatic carbocycles. The summed E-state index contributed by atoms with van der Waals surface area (Å²) >= 11 is 0. The number of nitrogens with zero attached hydrogens (tertiary/aromatic N) is 3. The summed E-state index contributed by atoms with van der Waals surface area (Å²) in [6, 6.07) is 8.63. The fourth-order valence-corrected chi connectivity index (χ4v) is 3.65. The van der Waals surface area contributed by atoms with E-state index in [9.17, 15) is 18.0 Å². The third kappa shape index (κ3) is 7.63. The Morgan fingerprint density at radius 1 is 1.14 bits per heavy atom. The topological polar surface area (TPSA) is 87.0 Å². The normalized spacial score (nSPS) is 11.6. The lowest BCUT2D eigenvalue weighted by atomic mass is 9.94. The molecule has 2 aromatic rings. The summed E-state index contributed by atoms with van der Waals surface area (Å²) in [5, 5.41) is 11.7. The van der Waals surface area contributed by atoms with Crippen LogP contribution >= 0.6 is 0 Å². The molecule has 2 rings (SSSR count). The van der Waals surface area contributed by atoms with Crippen molar-refractivity contribution in [2.75, 3.05) is 26.8 Å². The number of aliphatic imine (C=N–C) groups is 1. The van der Waals surface area contributed by atoms with Gasteiger partial charge in [0.2, 0.25) is 5.96 Å². The lowest BCUT2D eigenvalue weighted by Gasteiger charge is -2.26. The van der Waals surface area contributed by atoms with E-state index in [0.29, 0.717) is 41.1 Å². The minimum atomic E-state index is -4.54.